The Morgan fingerprint density at radius 1 is 1.35 bits per heavy atom. The standard InChI is InChI=1S/C13H11N3O3S/c14-13(20)16-15-8-9-3-5-10(6-4-9)19-12(17)11-2-1-7-18-11/h1-8H,(H3,14,16,20)/b15-8+. The first-order valence-corrected chi connectivity index (χ1v) is 6.00. The third-order valence-electron chi connectivity index (χ3n) is 2.20. The van der Waals surface area contributed by atoms with Crippen LogP contribution in [0.2, 0.25) is 0 Å². The zero-order valence-electron chi connectivity index (χ0n) is 10.3. The van der Waals surface area contributed by atoms with E-state index in [-0.39, 0.29) is 10.9 Å². The highest BCUT2D eigenvalue weighted by Gasteiger charge is 2.10. The van der Waals surface area contributed by atoms with Gasteiger partial charge in [-0.25, -0.2) is 4.79 Å². The lowest BCUT2D eigenvalue weighted by Crippen LogP contribution is -2.23. The Hall–Kier alpha value is -2.67. The number of thiocarbonyl (C=S) groups is 1. The SMILES string of the molecule is NC(=S)N/N=C/c1ccc(OC(=O)c2ccco2)cc1. The molecule has 6 nitrogen and oxygen atoms in total. The second kappa shape index (κ2) is 6.48. The maximum absolute atomic E-state index is 11.6. The highest BCUT2D eigenvalue weighted by atomic mass is 32.1. The quantitative estimate of drug-likeness (QED) is 0.292. The molecular formula is C13H11N3O3S. The molecule has 0 unspecified atom stereocenters. The van der Waals surface area contributed by atoms with Crippen molar-refractivity contribution in [2.75, 3.05) is 0 Å². The summed E-state index contributed by atoms with van der Waals surface area (Å²) in [7, 11) is 0. The molecule has 1 aromatic heterocycles. The van der Waals surface area contributed by atoms with E-state index >= 15 is 0 Å². The first kappa shape index (κ1) is 13.8. The molecule has 0 saturated carbocycles. The fraction of sp³-hybridized carbons (Fsp3) is 0. The maximum Gasteiger partial charge on any atom is 0.379 e. The number of carbonyl (C=O) groups excluding carboxylic acids is 1. The average Bonchev–Trinajstić information content (AvgIpc) is 2.94. The summed E-state index contributed by atoms with van der Waals surface area (Å²) >= 11 is 4.60. The van der Waals surface area contributed by atoms with Crippen molar-refractivity contribution >= 4 is 29.5 Å². The number of hydrogen-bond donors (Lipinski definition) is 2. The van der Waals surface area contributed by atoms with Crippen molar-refractivity contribution in [3.05, 3.63) is 54.0 Å². The zero-order chi connectivity index (χ0) is 14.4. The van der Waals surface area contributed by atoms with Gasteiger partial charge in [-0.2, -0.15) is 5.10 Å². The Labute approximate surface area is 120 Å². The third kappa shape index (κ3) is 3.92. The second-order valence-corrected chi connectivity index (χ2v) is 4.11. The van der Waals surface area contributed by atoms with Crippen LogP contribution in [-0.2, 0) is 0 Å². The molecule has 2 rings (SSSR count). The summed E-state index contributed by atoms with van der Waals surface area (Å²) in [5.41, 5.74) is 8.46. The van der Waals surface area contributed by atoms with Gasteiger partial charge in [-0.3, -0.25) is 5.43 Å². The number of esters is 1. The van der Waals surface area contributed by atoms with Crippen molar-refractivity contribution < 1.29 is 13.9 Å². The number of benzene rings is 1. The molecule has 102 valence electrons. The fourth-order valence-electron chi connectivity index (χ4n) is 1.34. The molecule has 0 aliphatic carbocycles. The zero-order valence-corrected chi connectivity index (χ0v) is 11.1. The lowest BCUT2D eigenvalue weighted by Gasteiger charge is -2.02. The van der Waals surface area contributed by atoms with E-state index in [0.717, 1.165) is 5.56 Å². The van der Waals surface area contributed by atoms with Crippen LogP contribution in [0.15, 0.2) is 52.2 Å². The van der Waals surface area contributed by atoms with Gasteiger partial charge in [-0.15, -0.1) is 0 Å². The summed E-state index contributed by atoms with van der Waals surface area (Å²) in [6.07, 6.45) is 2.95. The first-order chi connectivity index (χ1) is 9.65. The molecule has 0 spiro atoms. The van der Waals surface area contributed by atoms with Crippen LogP contribution in [0, 0.1) is 0 Å². The van der Waals surface area contributed by atoms with Crippen molar-refractivity contribution in [2.45, 2.75) is 0 Å². The molecule has 3 N–H and O–H groups in total. The lowest BCUT2D eigenvalue weighted by atomic mass is 10.2. The van der Waals surface area contributed by atoms with Crippen LogP contribution in [0.5, 0.6) is 5.75 Å². The number of nitrogens with one attached hydrogen (secondary N) is 1. The Bertz CT molecular complexity index is 621. The molecule has 0 radical (unpaired) electrons. The van der Waals surface area contributed by atoms with Gasteiger partial charge in [0.2, 0.25) is 5.76 Å². The van der Waals surface area contributed by atoms with Crippen LogP contribution in [0.4, 0.5) is 0 Å². The molecular weight excluding hydrogens is 278 g/mol. The van der Waals surface area contributed by atoms with E-state index in [4.69, 9.17) is 14.9 Å². The minimum atomic E-state index is -0.549. The minimum absolute atomic E-state index is 0.0882. The van der Waals surface area contributed by atoms with Gasteiger partial charge in [0.1, 0.15) is 5.75 Å². The highest BCUT2D eigenvalue weighted by Crippen LogP contribution is 2.13. The number of furan rings is 1. The smallest absolute Gasteiger partial charge is 0.379 e. The number of nitrogens with two attached hydrogens (primary N) is 1. The number of carbonyl (C=O) groups is 1. The van der Waals surface area contributed by atoms with Crippen LogP contribution in [-0.4, -0.2) is 17.3 Å². The van der Waals surface area contributed by atoms with E-state index in [1.54, 1.807) is 30.3 Å². The van der Waals surface area contributed by atoms with Crippen molar-refractivity contribution in [3.63, 3.8) is 0 Å². The molecule has 20 heavy (non-hydrogen) atoms. The maximum atomic E-state index is 11.6. The molecule has 0 fully saturated rings. The lowest BCUT2D eigenvalue weighted by molar-refractivity contribution is 0.0701. The Morgan fingerprint density at radius 2 is 2.10 bits per heavy atom. The van der Waals surface area contributed by atoms with Gasteiger partial charge in [0.15, 0.2) is 5.11 Å². The van der Waals surface area contributed by atoms with Gasteiger partial charge in [0, 0.05) is 0 Å². The fourth-order valence-corrected chi connectivity index (χ4v) is 1.40. The topological polar surface area (TPSA) is 89.9 Å². The van der Waals surface area contributed by atoms with Crippen molar-refractivity contribution in [3.8, 4) is 5.75 Å². The monoisotopic (exact) mass is 289 g/mol. The number of ether oxygens (including phenoxy) is 1. The van der Waals surface area contributed by atoms with E-state index < -0.39 is 5.97 Å². The summed E-state index contributed by atoms with van der Waals surface area (Å²) in [6.45, 7) is 0. The molecule has 2 aromatic rings. The predicted molar refractivity (Wildman–Crippen MR) is 77.6 cm³/mol. The van der Waals surface area contributed by atoms with Crippen LogP contribution in [0.1, 0.15) is 16.1 Å². The first-order valence-electron chi connectivity index (χ1n) is 5.59. The second-order valence-electron chi connectivity index (χ2n) is 3.67. The minimum Gasteiger partial charge on any atom is -0.457 e. The van der Waals surface area contributed by atoms with E-state index in [1.165, 1.54) is 18.5 Å². The molecule has 0 bridgehead atoms. The Kier molecular flexibility index (Phi) is 4.46. The Morgan fingerprint density at radius 3 is 2.70 bits per heavy atom. The summed E-state index contributed by atoms with van der Waals surface area (Å²) in [5, 5.41) is 3.90. The molecule has 0 saturated heterocycles. The number of hydrazone groups is 1. The summed E-state index contributed by atoms with van der Waals surface area (Å²) in [4.78, 5) is 11.6. The molecule has 0 atom stereocenters. The summed E-state index contributed by atoms with van der Waals surface area (Å²) in [5.74, 6) is 0.00807. The molecule has 0 amide bonds. The Balaban J connectivity index is 1.96. The summed E-state index contributed by atoms with van der Waals surface area (Å²) < 4.78 is 10.1. The predicted octanol–water partition coefficient (Wildman–Crippen LogP) is 1.67. The largest absolute Gasteiger partial charge is 0.457 e. The van der Waals surface area contributed by atoms with Crippen LogP contribution < -0.4 is 15.9 Å². The number of hydrogen-bond acceptors (Lipinski definition) is 5. The van der Waals surface area contributed by atoms with Gasteiger partial charge in [-0.1, -0.05) is 0 Å². The molecule has 0 aliphatic rings. The van der Waals surface area contributed by atoms with Crippen LogP contribution in [0.3, 0.4) is 0 Å². The highest BCUT2D eigenvalue weighted by molar-refractivity contribution is 7.80. The third-order valence-corrected chi connectivity index (χ3v) is 2.29. The van der Waals surface area contributed by atoms with Gasteiger partial charge in [-0.05, 0) is 54.2 Å². The summed E-state index contributed by atoms with van der Waals surface area (Å²) in [6, 6.07) is 9.90. The van der Waals surface area contributed by atoms with Crippen LogP contribution in [0.25, 0.3) is 0 Å². The van der Waals surface area contributed by atoms with Gasteiger partial charge in [0.05, 0.1) is 12.5 Å². The van der Waals surface area contributed by atoms with E-state index in [0.29, 0.717) is 5.75 Å². The van der Waals surface area contributed by atoms with Crippen molar-refractivity contribution in [1.29, 1.82) is 0 Å². The molecule has 0 aliphatic heterocycles. The average molecular weight is 289 g/mol. The van der Waals surface area contributed by atoms with Crippen LogP contribution >= 0.6 is 12.2 Å². The van der Waals surface area contributed by atoms with E-state index in [9.17, 15) is 4.79 Å². The van der Waals surface area contributed by atoms with Gasteiger partial charge in [0.25, 0.3) is 0 Å². The molecule has 7 heteroatoms. The van der Waals surface area contributed by atoms with E-state index in [1.807, 2.05) is 0 Å². The van der Waals surface area contributed by atoms with Gasteiger partial charge < -0.3 is 14.9 Å². The molecule has 1 heterocycles. The number of nitrogens with zero attached hydrogens (tertiary/aromatic N) is 1. The van der Waals surface area contributed by atoms with Gasteiger partial charge >= 0.3 is 5.97 Å². The number of rotatable bonds is 4. The molecule has 1 aromatic carbocycles. The normalized spacial score (nSPS) is 10.4. The van der Waals surface area contributed by atoms with Crippen molar-refractivity contribution in [1.82, 2.24) is 5.43 Å². The van der Waals surface area contributed by atoms with Crippen molar-refractivity contribution in [2.24, 2.45) is 10.8 Å². The van der Waals surface area contributed by atoms with E-state index in [2.05, 4.69) is 22.7 Å².